The van der Waals surface area contributed by atoms with E-state index in [1.54, 1.807) is 0 Å². The Bertz CT molecular complexity index is 148. The molecule has 0 aromatic carbocycles. The van der Waals surface area contributed by atoms with Crippen LogP contribution in [0.4, 0.5) is 0 Å². The van der Waals surface area contributed by atoms with E-state index in [1.165, 1.54) is 16.5 Å². The second-order valence-electron chi connectivity index (χ2n) is 0.905. The van der Waals surface area contributed by atoms with E-state index in [-0.39, 0.29) is 11.9 Å². The molecule has 0 spiro atoms. The second kappa shape index (κ2) is 1.83. The Balaban J connectivity index is 2.96. The summed E-state index contributed by atoms with van der Waals surface area (Å²) in [7, 11) is 0. The maximum absolute atomic E-state index is 9.83. The maximum atomic E-state index is 9.83. The Kier molecular flexibility index (Phi) is 1.16. The Morgan fingerprint density at radius 1 is 1.71 bits per heavy atom. The van der Waals surface area contributed by atoms with Crippen molar-refractivity contribution in [1.29, 1.82) is 0 Å². The predicted molar refractivity (Wildman–Crippen MR) is 25.0 cm³/mol. The predicted octanol–water partition coefficient (Wildman–Crippen LogP) is -1.01. The van der Waals surface area contributed by atoms with E-state index in [0.29, 0.717) is 0 Å². The zero-order valence-corrected chi connectivity index (χ0v) is 4.25. The molecule has 0 aliphatic carbocycles. The monoisotopic (exact) mass is 117 g/mol. The Morgan fingerprint density at radius 2 is 2.57 bits per heavy atom. The molecular weight excluding hydrogens is 114 g/mol. The summed E-state index contributed by atoms with van der Waals surface area (Å²) in [6, 6.07) is 0. The highest BCUT2D eigenvalue weighted by atomic mass is 32.2. The number of hydrogen-bond donors (Lipinski definition) is 1. The van der Waals surface area contributed by atoms with Crippen molar-refractivity contribution in [1.82, 2.24) is 14.4 Å². The Morgan fingerprint density at radius 3 is 2.86 bits per heavy atom. The molecule has 0 unspecified atom stereocenters. The van der Waals surface area contributed by atoms with Crippen molar-refractivity contribution in [2.24, 2.45) is 0 Å². The minimum absolute atomic E-state index is 0.142. The minimum atomic E-state index is -0.142. The summed E-state index contributed by atoms with van der Waals surface area (Å²) in [6.07, 6.45) is 2.97. The molecule has 7 heavy (non-hydrogen) atoms. The van der Waals surface area contributed by atoms with Crippen molar-refractivity contribution in [3.05, 3.63) is 12.4 Å². The molecule has 1 aromatic heterocycles. The van der Waals surface area contributed by atoms with Gasteiger partial charge in [0, 0.05) is 0 Å². The normalized spacial score (nSPS) is 9.14. The Hall–Kier alpha value is -0.710. The highest BCUT2D eigenvalue weighted by molar-refractivity contribution is 7.63. The molecule has 1 heterocycles. The molecule has 1 aromatic rings. The van der Waals surface area contributed by atoms with Gasteiger partial charge in [0.2, 0.25) is 0 Å². The molecule has 1 rings (SSSR count). The average molecular weight is 117 g/mol. The lowest BCUT2D eigenvalue weighted by atomic mass is 11.0. The van der Waals surface area contributed by atoms with Crippen LogP contribution < -0.4 is 0 Å². The van der Waals surface area contributed by atoms with Crippen molar-refractivity contribution in [2.45, 2.75) is 0 Å². The van der Waals surface area contributed by atoms with E-state index in [9.17, 15) is 4.21 Å². The van der Waals surface area contributed by atoms with Crippen LogP contribution in [-0.4, -0.2) is 18.6 Å². The van der Waals surface area contributed by atoms with Gasteiger partial charge in [0.1, 0.15) is 11.9 Å². The fraction of sp³-hybridized carbons (Fsp3) is 0. The molecule has 0 amide bonds. The van der Waals surface area contributed by atoms with Crippen LogP contribution in [0.2, 0.25) is 0 Å². The highest BCUT2D eigenvalue weighted by Gasteiger charge is 1.78. The fourth-order valence-corrected chi connectivity index (χ4v) is 0.438. The third kappa shape index (κ3) is 0.833. The lowest BCUT2D eigenvalue weighted by molar-refractivity contribution is 0.681. The molecule has 0 saturated carbocycles. The first-order chi connectivity index (χ1) is 3.43. The largest absolute Gasteiger partial charge is 0.238 e. The number of thiol groups is 1. The molecule has 5 heteroatoms. The number of aromatic nitrogens is 3. The molecule has 38 valence electrons. The van der Waals surface area contributed by atoms with Crippen LogP contribution >= 0.6 is 0 Å². The standard InChI is InChI=1S/C2H3N3OS/c6-7-5-2-1-3-4-5/h1-2,7H. The smallest absolute Gasteiger partial charge is 0.128 e. The lowest BCUT2D eigenvalue weighted by Crippen LogP contribution is -1.88. The summed E-state index contributed by atoms with van der Waals surface area (Å²) in [6.45, 7) is 0. The van der Waals surface area contributed by atoms with Crippen LogP contribution in [0.25, 0.3) is 0 Å². The minimum Gasteiger partial charge on any atom is -0.238 e. The van der Waals surface area contributed by atoms with Crippen LogP contribution in [-0.2, 0) is 11.9 Å². The fourth-order valence-electron chi connectivity index (χ4n) is 0.246. The second-order valence-corrected chi connectivity index (χ2v) is 1.48. The van der Waals surface area contributed by atoms with Gasteiger partial charge in [-0.1, -0.05) is 5.21 Å². The van der Waals surface area contributed by atoms with Gasteiger partial charge in [-0.3, -0.25) is 0 Å². The van der Waals surface area contributed by atoms with Crippen LogP contribution in [0.1, 0.15) is 0 Å². The summed E-state index contributed by atoms with van der Waals surface area (Å²) in [5.74, 6) is 0. The van der Waals surface area contributed by atoms with Crippen molar-refractivity contribution >= 4 is 11.9 Å². The van der Waals surface area contributed by atoms with Crippen LogP contribution in [0.15, 0.2) is 12.4 Å². The molecule has 4 nitrogen and oxygen atoms in total. The summed E-state index contributed by atoms with van der Waals surface area (Å²) in [5.41, 5.74) is 0. The first-order valence-electron chi connectivity index (χ1n) is 1.63. The van der Waals surface area contributed by atoms with Crippen LogP contribution in [0, 0.1) is 0 Å². The van der Waals surface area contributed by atoms with Gasteiger partial charge in [-0.25, -0.2) is 4.21 Å². The summed E-state index contributed by atoms with van der Waals surface area (Å²) >= 11 is -0.142. The van der Waals surface area contributed by atoms with Crippen LogP contribution in [0.3, 0.4) is 0 Å². The third-order valence-electron chi connectivity index (χ3n) is 0.494. The van der Waals surface area contributed by atoms with Gasteiger partial charge in [0.15, 0.2) is 0 Å². The molecule has 0 saturated heterocycles. The Labute approximate surface area is 43.8 Å². The first-order valence-corrected chi connectivity index (χ1v) is 2.40. The van der Waals surface area contributed by atoms with Gasteiger partial charge in [-0.15, -0.1) is 5.10 Å². The average Bonchev–Trinajstić information content (AvgIpc) is 2.14. The molecule has 0 fully saturated rings. The SMILES string of the molecule is O=[SH]n1ccnn1. The van der Waals surface area contributed by atoms with Gasteiger partial charge >= 0.3 is 0 Å². The maximum Gasteiger partial charge on any atom is 0.128 e. The van der Waals surface area contributed by atoms with E-state index in [2.05, 4.69) is 10.3 Å². The van der Waals surface area contributed by atoms with E-state index in [1.807, 2.05) is 0 Å². The zero-order valence-electron chi connectivity index (χ0n) is 3.35. The zero-order chi connectivity index (χ0) is 5.11. The van der Waals surface area contributed by atoms with Crippen LogP contribution in [0.5, 0.6) is 0 Å². The number of rotatable bonds is 1. The topological polar surface area (TPSA) is 47.8 Å². The van der Waals surface area contributed by atoms with Gasteiger partial charge in [-0.05, 0) is 0 Å². The van der Waals surface area contributed by atoms with E-state index in [4.69, 9.17) is 0 Å². The molecule has 0 atom stereocenters. The quantitative estimate of drug-likeness (QED) is 0.479. The molecule has 0 aliphatic rings. The number of hydrogen-bond acceptors (Lipinski definition) is 3. The molecule has 0 N–H and O–H groups in total. The highest BCUT2D eigenvalue weighted by Crippen LogP contribution is 1.70. The third-order valence-corrected chi connectivity index (χ3v) is 0.874. The lowest BCUT2D eigenvalue weighted by Gasteiger charge is -1.73. The molecule has 0 bridgehead atoms. The van der Waals surface area contributed by atoms with Crippen molar-refractivity contribution in [3.63, 3.8) is 0 Å². The van der Waals surface area contributed by atoms with E-state index >= 15 is 0 Å². The van der Waals surface area contributed by atoms with Gasteiger partial charge < -0.3 is 0 Å². The van der Waals surface area contributed by atoms with Crippen molar-refractivity contribution < 1.29 is 4.21 Å². The van der Waals surface area contributed by atoms with Crippen molar-refractivity contribution in [3.8, 4) is 0 Å². The summed E-state index contributed by atoms with van der Waals surface area (Å²) in [5, 5.41) is 6.78. The van der Waals surface area contributed by atoms with Gasteiger partial charge in [0.05, 0.1) is 12.4 Å². The number of nitrogens with zero attached hydrogens (tertiary/aromatic N) is 3. The van der Waals surface area contributed by atoms with Gasteiger partial charge in [-0.2, -0.15) is 4.09 Å². The molecular formula is C2H3N3OS. The van der Waals surface area contributed by atoms with Crippen molar-refractivity contribution in [2.75, 3.05) is 0 Å². The summed E-state index contributed by atoms with van der Waals surface area (Å²) in [4.78, 5) is 0. The molecule has 0 radical (unpaired) electrons. The summed E-state index contributed by atoms with van der Waals surface area (Å²) < 4.78 is 11.0. The first kappa shape index (κ1) is 4.45. The van der Waals surface area contributed by atoms with E-state index in [0.717, 1.165) is 0 Å². The van der Waals surface area contributed by atoms with E-state index < -0.39 is 0 Å². The van der Waals surface area contributed by atoms with Gasteiger partial charge in [0.25, 0.3) is 0 Å². The molecule has 0 aliphatic heterocycles.